The molecular weight excluding hydrogens is 157 g/mol. The van der Waals surface area contributed by atoms with E-state index in [9.17, 15) is 4.39 Å². The fourth-order valence-corrected chi connectivity index (χ4v) is 1.01. The van der Waals surface area contributed by atoms with Gasteiger partial charge < -0.3 is 4.52 Å². The van der Waals surface area contributed by atoms with Crippen LogP contribution in [0.5, 0.6) is 0 Å². The van der Waals surface area contributed by atoms with E-state index in [-0.39, 0.29) is 5.76 Å². The second kappa shape index (κ2) is 2.77. The van der Waals surface area contributed by atoms with Gasteiger partial charge in [-0.2, -0.15) is 0 Å². The number of halogens is 1. The molecule has 0 radical (unpaired) electrons. The number of benzene rings is 1. The number of aromatic nitrogens is 1. The molecule has 0 bridgehead atoms. The molecule has 0 atom stereocenters. The molecule has 60 valence electrons. The largest absolute Gasteiger partial charge is 0.353 e. The van der Waals surface area contributed by atoms with Crippen molar-refractivity contribution < 1.29 is 8.91 Å². The molecule has 0 spiro atoms. The second-order valence-electron chi connectivity index (χ2n) is 2.37. The molecule has 0 aliphatic carbocycles. The predicted molar refractivity (Wildman–Crippen MR) is 41.9 cm³/mol. The van der Waals surface area contributed by atoms with E-state index in [0.717, 1.165) is 6.20 Å². The summed E-state index contributed by atoms with van der Waals surface area (Å²) in [6, 6.07) is 9.03. The van der Waals surface area contributed by atoms with Crippen molar-refractivity contribution in [3.63, 3.8) is 0 Å². The van der Waals surface area contributed by atoms with Crippen LogP contribution >= 0.6 is 0 Å². The van der Waals surface area contributed by atoms with Gasteiger partial charge in [-0.1, -0.05) is 35.5 Å². The molecule has 0 aliphatic rings. The van der Waals surface area contributed by atoms with Gasteiger partial charge in [0.1, 0.15) is 6.20 Å². The fourth-order valence-electron chi connectivity index (χ4n) is 1.01. The molecule has 12 heavy (non-hydrogen) atoms. The fraction of sp³-hybridized carbons (Fsp3) is 0. The highest BCUT2D eigenvalue weighted by Gasteiger charge is 2.08. The maximum atomic E-state index is 12.9. The first-order valence-corrected chi connectivity index (χ1v) is 3.53. The first kappa shape index (κ1) is 7.03. The van der Waals surface area contributed by atoms with Crippen LogP contribution in [0, 0.1) is 5.82 Å². The molecular formula is C9H6FNO. The Kier molecular flexibility index (Phi) is 1.63. The first-order chi connectivity index (χ1) is 5.88. The summed E-state index contributed by atoms with van der Waals surface area (Å²) in [6.45, 7) is 0. The minimum atomic E-state index is -0.429. The third-order valence-corrected chi connectivity index (χ3v) is 1.56. The topological polar surface area (TPSA) is 26.0 Å². The molecule has 0 amide bonds. The Labute approximate surface area is 68.6 Å². The molecule has 2 rings (SSSR count). The van der Waals surface area contributed by atoms with Gasteiger partial charge in [0, 0.05) is 5.56 Å². The second-order valence-corrected chi connectivity index (χ2v) is 2.37. The Balaban J connectivity index is 2.51. The summed E-state index contributed by atoms with van der Waals surface area (Å²) in [7, 11) is 0. The van der Waals surface area contributed by atoms with Crippen LogP contribution < -0.4 is 0 Å². The quantitative estimate of drug-likeness (QED) is 0.645. The molecule has 1 aromatic carbocycles. The van der Waals surface area contributed by atoms with Gasteiger partial charge >= 0.3 is 0 Å². The summed E-state index contributed by atoms with van der Waals surface area (Å²) in [5.41, 5.74) is 0.701. The van der Waals surface area contributed by atoms with Crippen molar-refractivity contribution in [3.05, 3.63) is 42.3 Å². The Hall–Kier alpha value is -1.64. The summed E-state index contributed by atoms with van der Waals surface area (Å²) >= 11 is 0. The zero-order valence-corrected chi connectivity index (χ0v) is 6.20. The van der Waals surface area contributed by atoms with Crippen LogP contribution in [0.2, 0.25) is 0 Å². The highest BCUT2D eigenvalue weighted by Crippen LogP contribution is 2.20. The van der Waals surface area contributed by atoms with E-state index in [4.69, 9.17) is 4.52 Å². The van der Waals surface area contributed by atoms with E-state index in [2.05, 4.69) is 5.16 Å². The normalized spacial score (nSPS) is 10.1. The summed E-state index contributed by atoms with van der Waals surface area (Å²) in [6.07, 6.45) is 1.06. The first-order valence-electron chi connectivity index (χ1n) is 3.53. The minimum absolute atomic E-state index is 0.190. The maximum Gasteiger partial charge on any atom is 0.202 e. The summed E-state index contributed by atoms with van der Waals surface area (Å²) < 4.78 is 17.6. The van der Waals surface area contributed by atoms with E-state index in [1.54, 1.807) is 12.1 Å². The lowest BCUT2D eigenvalue weighted by Gasteiger charge is -1.92. The van der Waals surface area contributed by atoms with Crippen LogP contribution in [0.1, 0.15) is 0 Å². The monoisotopic (exact) mass is 163 g/mol. The van der Waals surface area contributed by atoms with Crippen molar-refractivity contribution in [2.45, 2.75) is 0 Å². The van der Waals surface area contributed by atoms with E-state index in [0.29, 0.717) is 5.56 Å². The number of nitrogens with zero attached hydrogens (tertiary/aromatic N) is 1. The molecule has 3 heteroatoms. The smallest absolute Gasteiger partial charge is 0.202 e. The van der Waals surface area contributed by atoms with Crippen molar-refractivity contribution in [1.82, 2.24) is 5.16 Å². The Morgan fingerprint density at radius 1 is 1.17 bits per heavy atom. The van der Waals surface area contributed by atoms with E-state index in [1.807, 2.05) is 18.2 Å². The van der Waals surface area contributed by atoms with Crippen LogP contribution in [0.3, 0.4) is 0 Å². The molecule has 0 saturated carbocycles. The van der Waals surface area contributed by atoms with Gasteiger partial charge in [-0.05, 0) is 0 Å². The summed E-state index contributed by atoms with van der Waals surface area (Å²) in [4.78, 5) is 0. The Bertz CT molecular complexity index is 369. The average Bonchev–Trinajstić information content (AvgIpc) is 2.53. The van der Waals surface area contributed by atoms with E-state index < -0.39 is 5.82 Å². The molecule has 0 aliphatic heterocycles. The average molecular weight is 163 g/mol. The zero-order valence-electron chi connectivity index (χ0n) is 6.20. The highest BCUT2D eigenvalue weighted by molar-refractivity contribution is 5.56. The van der Waals surface area contributed by atoms with Crippen molar-refractivity contribution in [2.24, 2.45) is 0 Å². The van der Waals surface area contributed by atoms with Crippen molar-refractivity contribution >= 4 is 0 Å². The van der Waals surface area contributed by atoms with Crippen LogP contribution in [-0.4, -0.2) is 5.16 Å². The highest BCUT2D eigenvalue weighted by atomic mass is 19.1. The number of hydrogen-bond donors (Lipinski definition) is 0. The van der Waals surface area contributed by atoms with Crippen LogP contribution in [-0.2, 0) is 0 Å². The van der Waals surface area contributed by atoms with Gasteiger partial charge in [0.25, 0.3) is 0 Å². The third kappa shape index (κ3) is 1.09. The molecule has 1 heterocycles. The van der Waals surface area contributed by atoms with Gasteiger partial charge in [0.05, 0.1) is 0 Å². The molecule has 0 unspecified atom stereocenters. The van der Waals surface area contributed by atoms with Crippen LogP contribution in [0.25, 0.3) is 11.3 Å². The summed E-state index contributed by atoms with van der Waals surface area (Å²) in [5, 5.41) is 3.35. The maximum absolute atomic E-state index is 12.9. The van der Waals surface area contributed by atoms with Crippen molar-refractivity contribution in [3.8, 4) is 11.3 Å². The lowest BCUT2D eigenvalue weighted by atomic mass is 10.2. The molecule has 0 N–H and O–H groups in total. The molecule has 0 saturated heterocycles. The van der Waals surface area contributed by atoms with Crippen molar-refractivity contribution in [1.29, 1.82) is 0 Å². The molecule has 0 fully saturated rings. The van der Waals surface area contributed by atoms with Gasteiger partial charge in [-0.3, -0.25) is 0 Å². The van der Waals surface area contributed by atoms with Gasteiger partial charge in [-0.25, -0.2) is 4.39 Å². The minimum Gasteiger partial charge on any atom is -0.353 e. The van der Waals surface area contributed by atoms with Crippen LogP contribution in [0.4, 0.5) is 4.39 Å². The lowest BCUT2D eigenvalue weighted by Crippen LogP contribution is -1.75. The van der Waals surface area contributed by atoms with Crippen molar-refractivity contribution in [2.75, 3.05) is 0 Å². The SMILES string of the molecule is Fc1cnoc1-c1ccccc1. The number of hydrogen-bond acceptors (Lipinski definition) is 2. The predicted octanol–water partition coefficient (Wildman–Crippen LogP) is 2.48. The zero-order chi connectivity index (χ0) is 8.39. The lowest BCUT2D eigenvalue weighted by molar-refractivity contribution is 0.428. The number of rotatable bonds is 1. The summed E-state index contributed by atoms with van der Waals surface area (Å²) in [5.74, 6) is -0.239. The third-order valence-electron chi connectivity index (χ3n) is 1.56. The van der Waals surface area contributed by atoms with Gasteiger partial charge in [-0.15, -0.1) is 0 Å². The molecule has 2 nitrogen and oxygen atoms in total. The van der Waals surface area contributed by atoms with Gasteiger partial charge in [0.15, 0.2) is 5.82 Å². The van der Waals surface area contributed by atoms with Crippen LogP contribution in [0.15, 0.2) is 41.1 Å². The molecule has 1 aromatic heterocycles. The van der Waals surface area contributed by atoms with E-state index >= 15 is 0 Å². The van der Waals surface area contributed by atoms with E-state index in [1.165, 1.54) is 0 Å². The Morgan fingerprint density at radius 2 is 1.92 bits per heavy atom. The van der Waals surface area contributed by atoms with Gasteiger partial charge in [0.2, 0.25) is 5.76 Å². The molecule has 2 aromatic rings. The standard InChI is InChI=1S/C9H6FNO/c10-8-6-11-12-9(8)7-4-2-1-3-5-7/h1-6H. The Morgan fingerprint density at radius 3 is 2.50 bits per heavy atom.